The lowest BCUT2D eigenvalue weighted by Crippen LogP contribution is -2.19. The van der Waals surface area contributed by atoms with E-state index in [1.807, 2.05) is 60.9 Å². The molecule has 0 aliphatic carbocycles. The van der Waals surface area contributed by atoms with Gasteiger partial charge in [0.15, 0.2) is 5.17 Å². The van der Waals surface area contributed by atoms with Crippen LogP contribution in [-0.4, -0.2) is 20.6 Å². The number of aliphatic imine (C=N–C) groups is 1. The number of nitrogens with zero attached hydrogens (tertiary/aromatic N) is 3. The summed E-state index contributed by atoms with van der Waals surface area (Å²) in [6, 6.07) is 16.0. The summed E-state index contributed by atoms with van der Waals surface area (Å²) in [4.78, 5) is 28.2. The zero-order valence-electron chi connectivity index (χ0n) is 16.6. The minimum absolute atomic E-state index is 0.0315. The van der Waals surface area contributed by atoms with Crippen molar-refractivity contribution in [2.45, 2.75) is 13.8 Å². The van der Waals surface area contributed by atoms with Crippen LogP contribution in [0.3, 0.4) is 0 Å². The summed E-state index contributed by atoms with van der Waals surface area (Å²) >= 11 is 4.69. The van der Waals surface area contributed by atoms with E-state index < -0.39 is 4.92 Å². The average Bonchev–Trinajstić information content (AvgIpc) is 3.20. The van der Waals surface area contributed by atoms with Crippen LogP contribution in [0.1, 0.15) is 17.0 Å². The molecule has 3 aromatic rings. The molecule has 9 heteroatoms. The highest BCUT2D eigenvalue weighted by molar-refractivity contribution is 9.10. The van der Waals surface area contributed by atoms with Gasteiger partial charge in [0, 0.05) is 28.0 Å². The third-order valence-corrected chi connectivity index (χ3v) is 6.15. The quantitative estimate of drug-likeness (QED) is 0.286. The molecule has 1 aromatic heterocycles. The number of thioether (sulfide) groups is 1. The number of nitro benzene ring substituents is 1. The van der Waals surface area contributed by atoms with Crippen LogP contribution < -0.4 is 5.32 Å². The van der Waals surface area contributed by atoms with Crippen LogP contribution in [-0.2, 0) is 4.79 Å². The number of hydrogen-bond donors (Lipinski definition) is 1. The second kappa shape index (κ2) is 8.52. The van der Waals surface area contributed by atoms with Gasteiger partial charge < -0.3 is 9.88 Å². The summed E-state index contributed by atoms with van der Waals surface area (Å²) in [5, 5.41) is 14.4. The van der Waals surface area contributed by atoms with Crippen molar-refractivity contribution in [2.75, 3.05) is 0 Å². The third kappa shape index (κ3) is 4.47. The minimum atomic E-state index is -0.411. The van der Waals surface area contributed by atoms with Gasteiger partial charge in [-0.25, -0.2) is 4.99 Å². The number of carbonyl (C=O) groups is 1. The van der Waals surface area contributed by atoms with Crippen molar-refractivity contribution in [3.8, 4) is 5.69 Å². The van der Waals surface area contributed by atoms with Crippen LogP contribution in [0.15, 0.2) is 69.0 Å². The lowest BCUT2D eigenvalue weighted by molar-refractivity contribution is -0.384. The van der Waals surface area contributed by atoms with Gasteiger partial charge >= 0.3 is 0 Å². The fraction of sp³-hybridized carbons (Fsp3) is 0.0909. The molecule has 4 rings (SSSR count). The number of hydrogen-bond acceptors (Lipinski definition) is 5. The molecule has 7 nitrogen and oxygen atoms in total. The maximum Gasteiger partial charge on any atom is 0.271 e. The van der Waals surface area contributed by atoms with Crippen LogP contribution in [0, 0.1) is 24.0 Å². The summed E-state index contributed by atoms with van der Waals surface area (Å²) in [6.07, 6.45) is 1.82. The first-order chi connectivity index (χ1) is 14.8. The van der Waals surface area contributed by atoms with Crippen molar-refractivity contribution < 1.29 is 9.72 Å². The van der Waals surface area contributed by atoms with E-state index in [4.69, 9.17) is 0 Å². The van der Waals surface area contributed by atoms with E-state index in [0.717, 1.165) is 27.1 Å². The highest BCUT2D eigenvalue weighted by atomic mass is 79.9. The number of non-ortho nitro benzene ring substituents is 1. The topological polar surface area (TPSA) is 89.5 Å². The second-order valence-corrected chi connectivity index (χ2v) is 8.85. The number of aryl methyl sites for hydroxylation is 1. The number of rotatable bonds is 4. The van der Waals surface area contributed by atoms with Crippen molar-refractivity contribution in [1.29, 1.82) is 0 Å². The van der Waals surface area contributed by atoms with Gasteiger partial charge in [0.05, 0.1) is 21.2 Å². The molecule has 2 heterocycles. The molecular weight excluding hydrogens is 480 g/mol. The van der Waals surface area contributed by atoms with Gasteiger partial charge in [-0.1, -0.05) is 28.1 Å². The predicted octanol–water partition coefficient (Wildman–Crippen LogP) is 5.66. The van der Waals surface area contributed by atoms with Gasteiger partial charge in [-0.05, 0) is 67.6 Å². The van der Waals surface area contributed by atoms with Crippen molar-refractivity contribution in [1.82, 2.24) is 9.88 Å². The van der Waals surface area contributed by atoms with Crippen LogP contribution in [0.5, 0.6) is 0 Å². The number of aromatic nitrogens is 1. The molecule has 0 atom stereocenters. The monoisotopic (exact) mass is 496 g/mol. The molecule has 1 amide bonds. The van der Waals surface area contributed by atoms with Gasteiger partial charge in [0.2, 0.25) is 0 Å². The third-order valence-electron chi connectivity index (χ3n) is 4.75. The fourth-order valence-corrected chi connectivity index (χ4v) is 4.58. The number of carbonyl (C=O) groups excluding carboxylic acids is 1. The van der Waals surface area contributed by atoms with Crippen LogP contribution >= 0.6 is 27.7 Å². The Morgan fingerprint density at radius 1 is 1.16 bits per heavy atom. The van der Waals surface area contributed by atoms with E-state index in [1.54, 1.807) is 6.07 Å². The lowest BCUT2D eigenvalue weighted by atomic mass is 10.2. The number of nitro groups is 1. The SMILES string of the molecule is Cc1cc(/C=C2\SC(=Nc3cccc(Br)c3)NC2=O)c(C)n1-c1cccc([N+](=O)[O-])c1. The van der Waals surface area contributed by atoms with Gasteiger partial charge in [0.1, 0.15) is 0 Å². The Bertz CT molecular complexity index is 1280. The lowest BCUT2D eigenvalue weighted by Gasteiger charge is -2.09. The Labute approximate surface area is 191 Å². The van der Waals surface area contributed by atoms with Gasteiger partial charge in [-0.2, -0.15) is 0 Å². The van der Waals surface area contributed by atoms with Gasteiger partial charge in [0.25, 0.3) is 11.6 Å². The minimum Gasteiger partial charge on any atom is -0.318 e. The molecular formula is C22H17BrN4O3S. The Balaban J connectivity index is 1.65. The first-order valence-electron chi connectivity index (χ1n) is 9.31. The normalized spacial score (nSPS) is 16.2. The average molecular weight is 497 g/mol. The molecule has 0 saturated carbocycles. The number of benzene rings is 2. The second-order valence-electron chi connectivity index (χ2n) is 6.90. The number of halogens is 1. The van der Waals surface area contributed by atoms with Crippen molar-refractivity contribution >= 4 is 56.2 Å². The zero-order chi connectivity index (χ0) is 22.1. The summed E-state index contributed by atoms with van der Waals surface area (Å²) in [5.41, 5.74) is 4.14. The predicted molar refractivity (Wildman–Crippen MR) is 127 cm³/mol. The first-order valence-corrected chi connectivity index (χ1v) is 10.9. The molecule has 0 unspecified atom stereocenters. The van der Waals surface area contributed by atoms with Crippen molar-refractivity contribution in [2.24, 2.45) is 4.99 Å². The molecule has 1 aliphatic rings. The molecule has 1 N–H and O–H groups in total. The molecule has 1 fully saturated rings. The van der Waals surface area contributed by atoms with Crippen molar-refractivity contribution in [3.63, 3.8) is 0 Å². The van der Waals surface area contributed by atoms with E-state index >= 15 is 0 Å². The van der Waals surface area contributed by atoms with E-state index in [2.05, 4.69) is 26.2 Å². The molecule has 1 aliphatic heterocycles. The number of amides is 1. The van der Waals surface area contributed by atoms with Crippen molar-refractivity contribution in [3.05, 3.63) is 91.0 Å². The Morgan fingerprint density at radius 3 is 2.68 bits per heavy atom. The Morgan fingerprint density at radius 2 is 1.94 bits per heavy atom. The standard InChI is InChI=1S/C22H17BrN4O3S/c1-13-9-15(14(2)26(13)18-7-4-8-19(12-18)27(29)30)10-20-21(28)25-22(31-20)24-17-6-3-5-16(23)11-17/h3-12H,1-2H3,(H,24,25,28)/b20-10-. The molecule has 0 bridgehead atoms. The largest absolute Gasteiger partial charge is 0.318 e. The smallest absolute Gasteiger partial charge is 0.271 e. The maximum absolute atomic E-state index is 12.5. The van der Waals surface area contributed by atoms with E-state index in [9.17, 15) is 14.9 Å². The molecule has 2 aromatic carbocycles. The van der Waals surface area contributed by atoms with E-state index in [1.165, 1.54) is 23.9 Å². The summed E-state index contributed by atoms with van der Waals surface area (Å²) in [6.45, 7) is 3.85. The van der Waals surface area contributed by atoms with Gasteiger partial charge in [-0.15, -0.1) is 0 Å². The zero-order valence-corrected chi connectivity index (χ0v) is 19.0. The molecule has 156 valence electrons. The number of nitrogens with one attached hydrogen (secondary N) is 1. The molecule has 0 spiro atoms. The highest BCUT2D eigenvalue weighted by Gasteiger charge is 2.24. The molecule has 0 radical (unpaired) electrons. The van der Waals surface area contributed by atoms with Crippen LogP contribution in [0.2, 0.25) is 0 Å². The van der Waals surface area contributed by atoms with Gasteiger partial charge in [-0.3, -0.25) is 14.9 Å². The van der Waals surface area contributed by atoms with E-state index in [0.29, 0.717) is 15.8 Å². The Kier molecular flexibility index (Phi) is 5.79. The number of amidine groups is 1. The summed E-state index contributed by atoms with van der Waals surface area (Å²) < 4.78 is 2.85. The molecule has 1 saturated heterocycles. The van der Waals surface area contributed by atoms with Crippen LogP contribution in [0.25, 0.3) is 11.8 Å². The highest BCUT2D eigenvalue weighted by Crippen LogP contribution is 2.31. The fourth-order valence-electron chi connectivity index (χ4n) is 3.36. The van der Waals surface area contributed by atoms with Crippen LogP contribution in [0.4, 0.5) is 11.4 Å². The first kappa shape index (κ1) is 21.1. The summed E-state index contributed by atoms with van der Waals surface area (Å²) in [5.74, 6) is -0.209. The van der Waals surface area contributed by atoms with E-state index in [-0.39, 0.29) is 11.6 Å². The molecule has 31 heavy (non-hydrogen) atoms. The Hall–Kier alpha value is -3.17. The summed E-state index contributed by atoms with van der Waals surface area (Å²) in [7, 11) is 0. The maximum atomic E-state index is 12.5.